The van der Waals surface area contributed by atoms with Crippen LogP contribution in [0.15, 0.2) is 67.0 Å². The van der Waals surface area contributed by atoms with Crippen LogP contribution >= 0.6 is 11.3 Å². The van der Waals surface area contributed by atoms with Gasteiger partial charge >= 0.3 is 0 Å². The molecule has 7 heteroatoms. The van der Waals surface area contributed by atoms with E-state index in [0.717, 1.165) is 32.1 Å². The molecule has 0 N–H and O–H groups in total. The van der Waals surface area contributed by atoms with Crippen molar-refractivity contribution < 1.29 is 4.74 Å². The summed E-state index contributed by atoms with van der Waals surface area (Å²) in [6.45, 7) is 0.387. The number of hydrogen-bond acceptors (Lipinski definition) is 6. The van der Waals surface area contributed by atoms with Gasteiger partial charge in [-0.3, -0.25) is 4.98 Å². The van der Waals surface area contributed by atoms with Crippen LogP contribution in [-0.2, 0) is 6.61 Å². The summed E-state index contributed by atoms with van der Waals surface area (Å²) in [7, 11) is 0. The lowest BCUT2D eigenvalue weighted by Crippen LogP contribution is -1.98. The van der Waals surface area contributed by atoms with Crippen LogP contribution < -0.4 is 4.74 Å². The molecule has 126 valence electrons. The number of ether oxygens (including phenoxy) is 1. The zero-order chi connectivity index (χ0) is 17.3. The Balaban J connectivity index is 1.44. The van der Waals surface area contributed by atoms with Gasteiger partial charge in [-0.2, -0.15) is 9.61 Å². The predicted molar refractivity (Wildman–Crippen MR) is 100 cm³/mol. The third kappa shape index (κ3) is 2.58. The molecule has 26 heavy (non-hydrogen) atoms. The van der Waals surface area contributed by atoms with E-state index < -0.39 is 0 Å². The summed E-state index contributed by atoms with van der Waals surface area (Å²) in [5, 5.41) is 16.1. The van der Waals surface area contributed by atoms with Crippen molar-refractivity contribution in [2.45, 2.75) is 6.61 Å². The second-order valence-electron chi connectivity index (χ2n) is 5.72. The highest BCUT2D eigenvalue weighted by Crippen LogP contribution is 2.27. The van der Waals surface area contributed by atoms with Crippen LogP contribution in [0.3, 0.4) is 0 Å². The van der Waals surface area contributed by atoms with Crippen molar-refractivity contribution in [3.63, 3.8) is 0 Å². The van der Waals surface area contributed by atoms with Crippen LogP contribution in [0.1, 0.15) is 5.01 Å². The molecule has 0 spiro atoms. The Bertz CT molecular complexity index is 1190. The monoisotopic (exact) mass is 359 g/mol. The Labute approximate surface area is 152 Å². The molecule has 0 atom stereocenters. The summed E-state index contributed by atoms with van der Waals surface area (Å²) in [5.74, 6) is 1.55. The standard InChI is InChI=1S/C19H13N5OS/c1-2-6-15-13(4-1)5-3-7-16(15)25-12-17-23-24-18(21-22-19(24)26-17)14-8-10-20-11-9-14/h1-11H,12H2. The maximum atomic E-state index is 6.03. The average molecular weight is 359 g/mol. The minimum atomic E-state index is 0.387. The van der Waals surface area contributed by atoms with Crippen molar-refractivity contribution in [2.24, 2.45) is 0 Å². The minimum absolute atomic E-state index is 0.387. The van der Waals surface area contributed by atoms with Gasteiger partial charge < -0.3 is 4.74 Å². The number of aromatic nitrogens is 5. The maximum Gasteiger partial charge on any atom is 0.235 e. The lowest BCUT2D eigenvalue weighted by Gasteiger charge is -2.07. The summed E-state index contributed by atoms with van der Waals surface area (Å²) in [6.07, 6.45) is 3.46. The first-order chi connectivity index (χ1) is 12.9. The number of hydrogen-bond donors (Lipinski definition) is 0. The zero-order valence-electron chi connectivity index (χ0n) is 13.6. The molecule has 0 aliphatic heterocycles. The fourth-order valence-electron chi connectivity index (χ4n) is 2.86. The molecule has 0 saturated heterocycles. The summed E-state index contributed by atoms with van der Waals surface area (Å²) >= 11 is 1.48. The van der Waals surface area contributed by atoms with Gasteiger partial charge in [0, 0.05) is 23.3 Å². The third-order valence-corrected chi connectivity index (χ3v) is 4.94. The number of rotatable bonds is 4. The largest absolute Gasteiger partial charge is 0.486 e. The Hall–Kier alpha value is -3.32. The number of benzene rings is 2. The predicted octanol–water partition coefficient (Wildman–Crippen LogP) is 3.98. The summed E-state index contributed by atoms with van der Waals surface area (Å²) < 4.78 is 7.78. The van der Waals surface area contributed by atoms with Gasteiger partial charge in [0.2, 0.25) is 4.96 Å². The molecule has 0 radical (unpaired) electrons. The average Bonchev–Trinajstić information content (AvgIpc) is 3.27. The van der Waals surface area contributed by atoms with E-state index in [2.05, 4.69) is 38.5 Å². The van der Waals surface area contributed by atoms with Crippen molar-refractivity contribution in [1.29, 1.82) is 0 Å². The molecule has 0 amide bonds. The number of pyridine rings is 1. The molecular weight excluding hydrogens is 346 g/mol. The molecule has 0 aliphatic rings. The van der Waals surface area contributed by atoms with Gasteiger partial charge in [0.1, 0.15) is 12.4 Å². The maximum absolute atomic E-state index is 6.03. The van der Waals surface area contributed by atoms with E-state index in [1.54, 1.807) is 16.9 Å². The van der Waals surface area contributed by atoms with Crippen molar-refractivity contribution >= 4 is 27.1 Å². The fourth-order valence-corrected chi connectivity index (χ4v) is 3.60. The number of nitrogens with zero attached hydrogens (tertiary/aromatic N) is 5. The van der Waals surface area contributed by atoms with Crippen LogP contribution in [0.4, 0.5) is 0 Å². The fraction of sp³-hybridized carbons (Fsp3) is 0.0526. The van der Waals surface area contributed by atoms with E-state index in [-0.39, 0.29) is 0 Å². The van der Waals surface area contributed by atoms with Gasteiger partial charge in [-0.05, 0) is 23.6 Å². The lowest BCUT2D eigenvalue weighted by molar-refractivity contribution is 0.308. The third-order valence-electron chi connectivity index (χ3n) is 4.07. The van der Waals surface area contributed by atoms with Gasteiger partial charge in [0.05, 0.1) is 0 Å². The Kier molecular flexibility index (Phi) is 3.57. The highest BCUT2D eigenvalue weighted by atomic mass is 32.1. The molecule has 0 fully saturated rings. The van der Waals surface area contributed by atoms with Gasteiger partial charge in [0.15, 0.2) is 10.8 Å². The van der Waals surface area contributed by atoms with Crippen molar-refractivity contribution in [3.05, 3.63) is 72.0 Å². The van der Waals surface area contributed by atoms with Gasteiger partial charge in [-0.25, -0.2) is 0 Å². The van der Waals surface area contributed by atoms with Crippen LogP contribution in [-0.4, -0.2) is 24.8 Å². The molecule has 3 heterocycles. The smallest absolute Gasteiger partial charge is 0.235 e. The molecule has 5 aromatic rings. The van der Waals surface area contributed by atoms with E-state index in [9.17, 15) is 0 Å². The molecule has 6 nitrogen and oxygen atoms in total. The molecule has 5 rings (SSSR count). The van der Waals surface area contributed by atoms with E-state index >= 15 is 0 Å². The molecule has 0 bridgehead atoms. The second kappa shape index (κ2) is 6.20. The van der Waals surface area contributed by atoms with Gasteiger partial charge in [-0.15, -0.1) is 10.2 Å². The Morgan fingerprint density at radius 1 is 0.923 bits per heavy atom. The molecule has 0 aliphatic carbocycles. The first-order valence-electron chi connectivity index (χ1n) is 8.10. The van der Waals surface area contributed by atoms with Crippen molar-refractivity contribution in [3.8, 4) is 17.1 Å². The zero-order valence-corrected chi connectivity index (χ0v) is 14.4. The van der Waals surface area contributed by atoms with Gasteiger partial charge in [-0.1, -0.05) is 47.7 Å². The molecule has 0 saturated carbocycles. The Morgan fingerprint density at radius 2 is 1.77 bits per heavy atom. The van der Waals surface area contributed by atoms with E-state index in [4.69, 9.17) is 4.74 Å². The minimum Gasteiger partial charge on any atom is -0.486 e. The molecular formula is C19H13N5OS. The van der Waals surface area contributed by atoms with E-state index in [1.165, 1.54) is 11.3 Å². The molecule has 2 aromatic carbocycles. The van der Waals surface area contributed by atoms with Crippen LogP contribution in [0.5, 0.6) is 5.75 Å². The summed E-state index contributed by atoms with van der Waals surface area (Å²) in [6, 6.07) is 18.0. The molecule has 0 unspecified atom stereocenters. The lowest BCUT2D eigenvalue weighted by atomic mass is 10.1. The van der Waals surface area contributed by atoms with Crippen LogP contribution in [0.2, 0.25) is 0 Å². The summed E-state index contributed by atoms with van der Waals surface area (Å²) in [4.78, 5) is 4.78. The first-order valence-corrected chi connectivity index (χ1v) is 8.92. The van der Waals surface area contributed by atoms with Crippen LogP contribution in [0, 0.1) is 0 Å². The van der Waals surface area contributed by atoms with Gasteiger partial charge in [0.25, 0.3) is 0 Å². The highest BCUT2D eigenvalue weighted by molar-refractivity contribution is 7.16. The number of fused-ring (bicyclic) bond motifs is 2. The van der Waals surface area contributed by atoms with Crippen LogP contribution in [0.25, 0.3) is 27.1 Å². The molecule has 3 aromatic heterocycles. The normalized spacial score (nSPS) is 11.2. The first kappa shape index (κ1) is 15.0. The topological polar surface area (TPSA) is 65.2 Å². The van der Waals surface area contributed by atoms with Crippen molar-refractivity contribution in [1.82, 2.24) is 24.8 Å². The highest BCUT2D eigenvalue weighted by Gasteiger charge is 2.14. The van der Waals surface area contributed by atoms with E-state index in [0.29, 0.717) is 12.4 Å². The Morgan fingerprint density at radius 3 is 2.69 bits per heavy atom. The van der Waals surface area contributed by atoms with Crippen molar-refractivity contribution in [2.75, 3.05) is 0 Å². The quantitative estimate of drug-likeness (QED) is 0.486. The summed E-state index contributed by atoms with van der Waals surface area (Å²) in [5.41, 5.74) is 0.930. The van der Waals surface area contributed by atoms with E-state index in [1.807, 2.05) is 36.4 Å². The SMILES string of the molecule is c1ccc2c(OCc3nn4c(-c5ccncc5)nnc4s3)cccc2c1. The second-order valence-corrected chi connectivity index (χ2v) is 6.76.